The lowest BCUT2D eigenvalue weighted by Crippen LogP contribution is -2.51. The van der Waals surface area contributed by atoms with Crippen LogP contribution in [0.4, 0.5) is 0 Å². The normalized spacial score (nSPS) is 18.5. The van der Waals surface area contributed by atoms with Crippen molar-refractivity contribution in [3.8, 4) is 0 Å². The van der Waals surface area contributed by atoms with Crippen LogP contribution in [0.25, 0.3) is 0 Å². The number of carbonyl (C=O) groups is 1. The maximum absolute atomic E-state index is 11.8. The van der Waals surface area contributed by atoms with E-state index in [0.717, 1.165) is 51.4 Å². The zero-order valence-corrected chi connectivity index (χ0v) is 17.5. The maximum Gasteiger partial charge on any atom is 0.234 e. The highest BCUT2D eigenvalue weighted by Gasteiger charge is 2.25. The van der Waals surface area contributed by atoms with Gasteiger partial charge in [-0.05, 0) is 24.7 Å². The molecule has 0 aromatic carbocycles. The van der Waals surface area contributed by atoms with Crippen molar-refractivity contribution in [1.29, 1.82) is 0 Å². The Morgan fingerprint density at radius 2 is 1.92 bits per heavy atom. The van der Waals surface area contributed by atoms with E-state index >= 15 is 0 Å². The molecule has 7 heteroatoms. The minimum atomic E-state index is 0.0737. The Hall–Kier alpha value is -1.34. The van der Waals surface area contributed by atoms with Crippen LogP contribution in [0, 0.1) is 5.41 Å². The number of aliphatic imine (C=N–C) groups is 1. The van der Waals surface area contributed by atoms with E-state index in [2.05, 4.69) is 53.5 Å². The molecule has 0 radical (unpaired) electrons. The molecular weight excluding hydrogens is 330 g/mol. The number of nitrogens with one attached hydrogen (secondary N) is 3. The number of nitrogens with zero attached hydrogens (tertiary/aromatic N) is 2. The minimum absolute atomic E-state index is 0.0737. The second-order valence-corrected chi connectivity index (χ2v) is 8.09. The minimum Gasteiger partial charge on any atom is -0.379 e. The molecule has 152 valence electrons. The number of guanidine groups is 1. The summed E-state index contributed by atoms with van der Waals surface area (Å²) in [6.45, 7) is 12.4. The van der Waals surface area contributed by atoms with E-state index in [1.165, 1.54) is 0 Å². The third-order valence-electron chi connectivity index (χ3n) is 4.80. The van der Waals surface area contributed by atoms with Gasteiger partial charge in [-0.1, -0.05) is 27.7 Å². The van der Waals surface area contributed by atoms with Gasteiger partial charge in [0.1, 0.15) is 0 Å². The number of piperidine rings is 1. The Labute approximate surface area is 159 Å². The SMILES string of the molecule is CCCNC(=O)CN1CCC(NC(=NC)NCC(OC)C(C)(C)C)CC1. The lowest BCUT2D eigenvalue weighted by Gasteiger charge is -2.33. The highest BCUT2D eigenvalue weighted by Crippen LogP contribution is 2.20. The summed E-state index contributed by atoms with van der Waals surface area (Å²) in [5.41, 5.74) is 0.0737. The largest absolute Gasteiger partial charge is 0.379 e. The first kappa shape index (κ1) is 22.7. The Kier molecular flexibility index (Phi) is 9.94. The summed E-state index contributed by atoms with van der Waals surface area (Å²) in [5, 5.41) is 9.82. The van der Waals surface area contributed by atoms with Gasteiger partial charge < -0.3 is 20.7 Å². The predicted molar refractivity (Wildman–Crippen MR) is 108 cm³/mol. The molecule has 1 atom stereocenters. The van der Waals surface area contributed by atoms with Crippen LogP contribution >= 0.6 is 0 Å². The van der Waals surface area contributed by atoms with Gasteiger partial charge in [-0.3, -0.25) is 14.7 Å². The Morgan fingerprint density at radius 1 is 1.27 bits per heavy atom. The van der Waals surface area contributed by atoms with Gasteiger partial charge in [0.05, 0.1) is 12.6 Å². The van der Waals surface area contributed by atoms with Crippen LogP contribution < -0.4 is 16.0 Å². The Bertz CT molecular complexity index is 440. The molecule has 0 saturated carbocycles. The fourth-order valence-electron chi connectivity index (χ4n) is 3.08. The monoisotopic (exact) mass is 369 g/mol. The predicted octanol–water partition coefficient (Wildman–Crippen LogP) is 1.20. The van der Waals surface area contributed by atoms with E-state index in [1.54, 1.807) is 14.2 Å². The van der Waals surface area contributed by atoms with Gasteiger partial charge in [-0.25, -0.2) is 0 Å². The number of hydrogen-bond donors (Lipinski definition) is 3. The molecule has 1 aliphatic rings. The summed E-state index contributed by atoms with van der Waals surface area (Å²) >= 11 is 0. The van der Waals surface area contributed by atoms with Crippen molar-refractivity contribution >= 4 is 11.9 Å². The summed E-state index contributed by atoms with van der Waals surface area (Å²) in [4.78, 5) is 18.4. The van der Waals surface area contributed by atoms with E-state index < -0.39 is 0 Å². The molecule has 1 rings (SSSR count). The molecule has 7 nitrogen and oxygen atoms in total. The third kappa shape index (κ3) is 8.36. The summed E-state index contributed by atoms with van der Waals surface area (Å²) in [6.07, 6.45) is 3.11. The highest BCUT2D eigenvalue weighted by molar-refractivity contribution is 5.80. The fourth-order valence-corrected chi connectivity index (χ4v) is 3.08. The molecule has 0 spiro atoms. The molecule has 3 N–H and O–H groups in total. The average molecular weight is 370 g/mol. The molecule has 1 fully saturated rings. The van der Waals surface area contributed by atoms with Gasteiger partial charge in [-0.15, -0.1) is 0 Å². The molecule has 1 saturated heterocycles. The van der Waals surface area contributed by atoms with Crippen molar-refractivity contribution in [2.45, 2.75) is 59.1 Å². The topological polar surface area (TPSA) is 78.0 Å². The maximum atomic E-state index is 11.8. The van der Waals surface area contributed by atoms with Gasteiger partial charge in [0.15, 0.2) is 5.96 Å². The molecule has 1 heterocycles. The van der Waals surface area contributed by atoms with Crippen molar-refractivity contribution in [3.63, 3.8) is 0 Å². The van der Waals surface area contributed by atoms with Gasteiger partial charge in [0.2, 0.25) is 5.91 Å². The van der Waals surface area contributed by atoms with Crippen LogP contribution in [-0.2, 0) is 9.53 Å². The zero-order valence-electron chi connectivity index (χ0n) is 17.5. The van der Waals surface area contributed by atoms with Crippen LogP contribution in [0.5, 0.6) is 0 Å². The smallest absolute Gasteiger partial charge is 0.234 e. The number of ether oxygens (including phenoxy) is 1. The first-order valence-electron chi connectivity index (χ1n) is 9.79. The summed E-state index contributed by atoms with van der Waals surface area (Å²) in [5.74, 6) is 0.943. The number of methoxy groups -OCH3 is 1. The van der Waals surface area contributed by atoms with Crippen LogP contribution in [0.15, 0.2) is 4.99 Å². The van der Waals surface area contributed by atoms with Crippen molar-refractivity contribution in [2.24, 2.45) is 10.4 Å². The van der Waals surface area contributed by atoms with Gasteiger partial charge in [0, 0.05) is 46.4 Å². The summed E-state index contributed by atoms with van der Waals surface area (Å²) < 4.78 is 5.59. The second kappa shape index (κ2) is 11.4. The first-order chi connectivity index (χ1) is 12.3. The van der Waals surface area contributed by atoms with Crippen LogP contribution in [0.3, 0.4) is 0 Å². The van der Waals surface area contributed by atoms with Crippen molar-refractivity contribution in [2.75, 3.05) is 46.9 Å². The molecule has 0 aromatic rings. The summed E-state index contributed by atoms with van der Waals surface area (Å²) in [7, 11) is 3.54. The third-order valence-corrected chi connectivity index (χ3v) is 4.80. The van der Waals surface area contributed by atoms with Crippen molar-refractivity contribution in [1.82, 2.24) is 20.9 Å². The van der Waals surface area contributed by atoms with Crippen LogP contribution in [-0.4, -0.2) is 75.8 Å². The van der Waals surface area contributed by atoms with Crippen LogP contribution in [0.1, 0.15) is 47.0 Å². The summed E-state index contributed by atoms with van der Waals surface area (Å²) in [6, 6.07) is 0.381. The number of rotatable bonds is 8. The Balaban J connectivity index is 2.35. The van der Waals surface area contributed by atoms with Crippen LogP contribution in [0.2, 0.25) is 0 Å². The molecule has 26 heavy (non-hydrogen) atoms. The van der Waals surface area contributed by atoms with Gasteiger partial charge in [0.25, 0.3) is 0 Å². The number of carbonyl (C=O) groups excluding carboxylic acids is 1. The lowest BCUT2D eigenvalue weighted by atomic mass is 9.89. The fraction of sp³-hybridized carbons (Fsp3) is 0.895. The van der Waals surface area contributed by atoms with Gasteiger partial charge in [-0.2, -0.15) is 0 Å². The second-order valence-electron chi connectivity index (χ2n) is 8.09. The molecular formula is C19H39N5O2. The quantitative estimate of drug-likeness (QED) is 0.443. The zero-order chi connectivity index (χ0) is 19.6. The highest BCUT2D eigenvalue weighted by atomic mass is 16.5. The lowest BCUT2D eigenvalue weighted by molar-refractivity contribution is -0.122. The van der Waals surface area contributed by atoms with E-state index in [-0.39, 0.29) is 17.4 Å². The molecule has 0 bridgehead atoms. The van der Waals surface area contributed by atoms with E-state index in [1.807, 2.05) is 0 Å². The van der Waals surface area contributed by atoms with Crippen molar-refractivity contribution in [3.05, 3.63) is 0 Å². The molecule has 0 aliphatic carbocycles. The molecule has 1 aliphatic heterocycles. The standard InChI is InChI=1S/C19H39N5O2/c1-7-10-21-17(25)14-24-11-8-15(9-12-24)23-18(20-5)22-13-16(26-6)19(2,3)4/h15-16H,7-14H2,1-6H3,(H,21,25)(H2,20,22,23). The average Bonchev–Trinajstić information content (AvgIpc) is 2.59. The first-order valence-corrected chi connectivity index (χ1v) is 9.79. The number of likely N-dealkylation sites (tertiary alicyclic amines) is 1. The Morgan fingerprint density at radius 3 is 2.42 bits per heavy atom. The van der Waals surface area contributed by atoms with E-state index in [0.29, 0.717) is 12.6 Å². The number of amides is 1. The van der Waals surface area contributed by atoms with Gasteiger partial charge >= 0.3 is 0 Å². The number of hydrogen-bond acceptors (Lipinski definition) is 4. The molecule has 1 amide bonds. The molecule has 1 unspecified atom stereocenters. The van der Waals surface area contributed by atoms with E-state index in [9.17, 15) is 4.79 Å². The van der Waals surface area contributed by atoms with E-state index in [4.69, 9.17) is 4.74 Å². The molecule has 0 aromatic heterocycles. The van der Waals surface area contributed by atoms with Crippen molar-refractivity contribution < 1.29 is 9.53 Å².